The molecular weight excluding hydrogens is 336 g/mol. The van der Waals surface area contributed by atoms with E-state index in [1.165, 1.54) is 0 Å². The number of benzene rings is 1. The molecule has 0 spiro atoms. The Hall–Kier alpha value is -0.0600. The number of rotatable bonds is 3. The van der Waals surface area contributed by atoms with Crippen LogP contribution in [-0.4, -0.2) is 16.3 Å². The molecule has 1 N–H and O–H groups in total. The first kappa shape index (κ1) is 14.0. The van der Waals surface area contributed by atoms with Gasteiger partial charge in [0.05, 0.1) is 10.1 Å². The Morgan fingerprint density at radius 2 is 1.69 bits per heavy atom. The lowest BCUT2D eigenvalue weighted by Gasteiger charge is -2.37. The van der Waals surface area contributed by atoms with Gasteiger partial charge in [0.25, 0.3) is 0 Å². The van der Waals surface area contributed by atoms with Gasteiger partial charge < -0.3 is 9.84 Å². The lowest BCUT2D eigenvalue weighted by molar-refractivity contribution is -0.0910. The summed E-state index contributed by atoms with van der Waals surface area (Å²) in [6.07, 6.45) is 0. The Bertz CT molecular complexity index is 381. The molecule has 1 aromatic carbocycles. The van der Waals surface area contributed by atoms with E-state index in [-0.39, 0.29) is 0 Å². The van der Waals surface area contributed by atoms with Crippen LogP contribution < -0.4 is 4.74 Å². The summed E-state index contributed by atoms with van der Waals surface area (Å²) in [5.74, 6) is 0.710. The van der Waals surface area contributed by atoms with Gasteiger partial charge in [-0.05, 0) is 61.8 Å². The van der Waals surface area contributed by atoms with Crippen molar-refractivity contribution in [2.45, 2.75) is 38.9 Å². The highest BCUT2D eigenvalue weighted by Crippen LogP contribution is 2.34. The van der Waals surface area contributed by atoms with E-state index in [2.05, 4.69) is 31.9 Å². The predicted molar refractivity (Wildman–Crippen MR) is 72.8 cm³/mol. The van der Waals surface area contributed by atoms with Gasteiger partial charge in [0.15, 0.2) is 0 Å². The van der Waals surface area contributed by atoms with Gasteiger partial charge in [-0.25, -0.2) is 0 Å². The fourth-order valence-corrected chi connectivity index (χ4v) is 1.62. The molecule has 0 fully saturated rings. The lowest BCUT2D eigenvalue weighted by Crippen LogP contribution is -2.49. The van der Waals surface area contributed by atoms with Crippen molar-refractivity contribution in [2.24, 2.45) is 0 Å². The van der Waals surface area contributed by atoms with Crippen molar-refractivity contribution in [1.29, 1.82) is 0 Å². The zero-order valence-corrected chi connectivity index (χ0v) is 13.0. The van der Waals surface area contributed by atoms with Crippen molar-refractivity contribution >= 4 is 31.9 Å². The zero-order chi connectivity index (χ0) is 12.6. The summed E-state index contributed by atoms with van der Waals surface area (Å²) in [6, 6.07) is 5.70. The van der Waals surface area contributed by atoms with Crippen LogP contribution in [-0.2, 0) is 0 Å². The van der Waals surface area contributed by atoms with Crippen molar-refractivity contribution in [2.75, 3.05) is 0 Å². The second-order valence-electron chi connectivity index (χ2n) is 4.75. The fourth-order valence-electron chi connectivity index (χ4n) is 0.955. The van der Waals surface area contributed by atoms with E-state index in [0.29, 0.717) is 5.75 Å². The SMILES string of the molecule is CC(C)(O)C(C)(C)Oc1cc(Br)ccc1Br. The molecule has 0 saturated carbocycles. The Morgan fingerprint density at radius 1 is 1.12 bits per heavy atom. The lowest BCUT2D eigenvalue weighted by atomic mass is 9.89. The molecule has 0 aliphatic rings. The van der Waals surface area contributed by atoms with Crippen molar-refractivity contribution in [1.82, 2.24) is 0 Å². The average Bonchev–Trinajstić information content (AvgIpc) is 2.09. The van der Waals surface area contributed by atoms with Crippen LogP contribution in [0.25, 0.3) is 0 Å². The standard InChI is InChI=1S/C12H16Br2O2/c1-11(2,15)12(3,4)16-10-7-8(13)5-6-9(10)14/h5-7,15H,1-4H3. The summed E-state index contributed by atoms with van der Waals surface area (Å²) in [4.78, 5) is 0. The Labute approximate surface area is 113 Å². The molecule has 1 aromatic rings. The molecule has 0 heterocycles. The smallest absolute Gasteiger partial charge is 0.135 e. The number of aliphatic hydroxyl groups is 1. The summed E-state index contributed by atoms with van der Waals surface area (Å²) in [7, 11) is 0. The van der Waals surface area contributed by atoms with Gasteiger partial charge in [-0.1, -0.05) is 15.9 Å². The quantitative estimate of drug-likeness (QED) is 0.886. The van der Waals surface area contributed by atoms with E-state index in [0.717, 1.165) is 8.95 Å². The maximum absolute atomic E-state index is 10.0. The van der Waals surface area contributed by atoms with Crippen LogP contribution in [0.4, 0.5) is 0 Å². The largest absolute Gasteiger partial charge is 0.484 e. The van der Waals surface area contributed by atoms with Gasteiger partial charge in [-0.2, -0.15) is 0 Å². The highest BCUT2D eigenvalue weighted by atomic mass is 79.9. The van der Waals surface area contributed by atoms with E-state index in [1.54, 1.807) is 13.8 Å². The zero-order valence-electron chi connectivity index (χ0n) is 9.84. The van der Waals surface area contributed by atoms with Crippen LogP contribution in [0.3, 0.4) is 0 Å². The third-order valence-electron chi connectivity index (χ3n) is 2.73. The molecule has 0 unspecified atom stereocenters. The minimum Gasteiger partial charge on any atom is -0.484 e. The minimum absolute atomic E-state index is 0.670. The molecular formula is C12H16Br2O2. The van der Waals surface area contributed by atoms with Crippen LogP contribution in [0.2, 0.25) is 0 Å². The van der Waals surface area contributed by atoms with E-state index >= 15 is 0 Å². The molecule has 0 aromatic heterocycles. The van der Waals surface area contributed by atoms with Gasteiger partial charge in [-0.15, -0.1) is 0 Å². The van der Waals surface area contributed by atoms with Gasteiger partial charge in [0, 0.05) is 4.47 Å². The van der Waals surface area contributed by atoms with E-state index < -0.39 is 11.2 Å². The van der Waals surface area contributed by atoms with Crippen molar-refractivity contribution in [3.05, 3.63) is 27.1 Å². The molecule has 0 saturated heterocycles. The summed E-state index contributed by atoms with van der Waals surface area (Å²) in [5, 5.41) is 10.0. The normalized spacial score (nSPS) is 12.7. The Kier molecular flexibility index (Phi) is 4.08. The summed E-state index contributed by atoms with van der Waals surface area (Å²) < 4.78 is 7.66. The van der Waals surface area contributed by atoms with Crippen LogP contribution in [0.1, 0.15) is 27.7 Å². The van der Waals surface area contributed by atoms with Crippen molar-refractivity contribution < 1.29 is 9.84 Å². The van der Waals surface area contributed by atoms with Crippen LogP contribution in [0, 0.1) is 0 Å². The average molecular weight is 352 g/mol. The second-order valence-corrected chi connectivity index (χ2v) is 6.52. The highest BCUT2D eigenvalue weighted by molar-refractivity contribution is 9.11. The maximum atomic E-state index is 10.0. The summed E-state index contributed by atoms with van der Waals surface area (Å²) in [6.45, 7) is 7.19. The first-order chi connectivity index (χ1) is 7.13. The first-order valence-electron chi connectivity index (χ1n) is 5.00. The molecule has 0 amide bonds. The number of hydrogen-bond acceptors (Lipinski definition) is 2. The number of halogens is 2. The fraction of sp³-hybridized carbons (Fsp3) is 0.500. The van der Waals surface area contributed by atoms with Crippen molar-refractivity contribution in [3.8, 4) is 5.75 Å². The van der Waals surface area contributed by atoms with Crippen molar-refractivity contribution in [3.63, 3.8) is 0 Å². The molecule has 0 bridgehead atoms. The van der Waals surface area contributed by atoms with Crippen LogP contribution in [0.5, 0.6) is 5.75 Å². The number of hydrogen-bond donors (Lipinski definition) is 1. The third-order valence-corrected chi connectivity index (χ3v) is 3.88. The first-order valence-corrected chi connectivity index (χ1v) is 6.58. The minimum atomic E-state index is -0.922. The molecule has 0 atom stereocenters. The van der Waals surface area contributed by atoms with Gasteiger partial charge in [-0.3, -0.25) is 0 Å². The molecule has 2 nitrogen and oxygen atoms in total. The summed E-state index contributed by atoms with van der Waals surface area (Å²) in [5.41, 5.74) is -1.59. The molecule has 4 heteroatoms. The molecule has 0 aliphatic carbocycles. The van der Waals surface area contributed by atoms with E-state index in [9.17, 15) is 5.11 Å². The third kappa shape index (κ3) is 3.22. The molecule has 0 radical (unpaired) electrons. The van der Waals surface area contributed by atoms with E-state index in [4.69, 9.17) is 4.74 Å². The Balaban J connectivity index is 3.01. The summed E-state index contributed by atoms with van der Waals surface area (Å²) >= 11 is 6.81. The highest BCUT2D eigenvalue weighted by Gasteiger charge is 2.37. The molecule has 1 rings (SSSR count). The number of ether oxygens (including phenoxy) is 1. The van der Waals surface area contributed by atoms with Gasteiger partial charge in [0.2, 0.25) is 0 Å². The van der Waals surface area contributed by atoms with Crippen LogP contribution >= 0.6 is 31.9 Å². The molecule has 0 aliphatic heterocycles. The topological polar surface area (TPSA) is 29.5 Å². The predicted octanol–water partition coefficient (Wildman–Crippen LogP) is 4.14. The second kappa shape index (κ2) is 4.67. The monoisotopic (exact) mass is 350 g/mol. The molecule has 90 valence electrons. The van der Waals surface area contributed by atoms with E-state index in [1.807, 2.05) is 32.0 Å². The van der Waals surface area contributed by atoms with Crippen LogP contribution in [0.15, 0.2) is 27.1 Å². The van der Waals surface area contributed by atoms with Gasteiger partial charge in [0.1, 0.15) is 11.4 Å². The molecule has 16 heavy (non-hydrogen) atoms. The Morgan fingerprint density at radius 3 is 2.19 bits per heavy atom. The maximum Gasteiger partial charge on any atom is 0.135 e. The van der Waals surface area contributed by atoms with Gasteiger partial charge >= 0.3 is 0 Å².